The van der Waals surface area contributed by atoms with Crippen LogP contribution in [-0.2, 0) is 0 Å². The summed E-state index contributed by atoms with van der Waals surface area (Å²) < 4.78 is 0.996. The summed E-state index contributed by atoms with van der Waals surface area (Å²) in [4.78, 5) is 12.2. The quantitative estimate of drug-likeness (QED) is 0.839. The Morgan fingerprint density at radius 1 is 1.25 bits per heavy atom. The van der Waals surface area contributed by atoms with Crippen LogP contribution in [0, 0.1) is 6.92 Å². The average molecular weight is 333 g/mol. The van der Waals surface area contributed by atoms with Crippen LogP contribution in [-0.4, -0.2) is 5.91 Å². The number of carbonyl (C=O) groups is 1. The molecule has 0 aromatic heterocycles. The van der Waals surface area contributed by atoms with Crippen molar-refractivity contribution in [3.63, 3.8) is 0 Å². The molecule has 1 atom stereocenters. The molecule has 0 aliphatic rings. The normalized spacial score (nSPS) is 11.9. The molecule has 3 nitrogen and oxygen atoms in total. The lowest BCUT2D eigenvalue weighted by Gasteiger charge is -2.15. The molecule has 1 unspecified atom stereocenters. The van der Waals surface area contributed by atoms with Crippen molar-refractivity contribution in [2.24, 2.45) is 0 Å². The minimum Gasteiger partial charge on any atom is -0.399 e. The summed E-state index contributed by atoms with van der Waals surface area (Å²) in [5, 5.41) is 2.98. The summed E-state index contributed by atoms with van der Waals surface area (Å²) in [7, 11) is 0. The first-order chi connectivity index (χ1) is 9.45. The molecule has 104 valence electrons. The summed E-state index contributed by atoms with van der Waals surface area (Å²) in [6.07, 6.45) is 0. The molecule has 0 aliphatic carbocycles. The van der Waals surface area contributed by atoms with Gasteiger partial charge in [0.2, 0.25) is 0 Å². The van der Waals surface area contributed by atoms with Gasteiger partial charge in [-0.1, -0.05) is 28.1 Å². The number of hydrogen-bond acceptors (Lipinski definition) is 2. The molecule has 0 saturated carbocycles. The Morgan fingerprint density at radius 2 is 2.00 bits per heavy atom. The molecule has 2 aromatic carbocycles. The van der Waals surface area contributed by atoms with Crippen LogP contribution in [0.4, 0.5) is 5.69 Å². The van der Waals surface area contributed by atoms with E-state index in [9.17, 15) is 4.79 Å². The minimum absolute atomic E-state index is 0.0678. The molecule has 0 radical (unpaired) electrons. The van der Waals surface area contributed by atoms with Crippen LogP contribution in [0.1, 0.15) is 34.5 Å². The monoisotopic (exact) mass is 332 g/mol. The highest BCUT2D eigenvalue weighted by molar-refractivity contribution is 9.10. The maximum atomic E-state index is 12.2. The van der Waals surface area contributed by atoms with Gasteiger partial charge in [0.05, 0.1) is 6.04 Å². The SMILES string of the molecule is Cc1cc(N)cc(C(=O)NC(C)c2cccc(Br)c2)c1. The van der Waals surface area contributed by atoms with Gasteiger partial charge in [0.25, 0.3) is 5.91 Å². The van der Waals surface area contributed by atoms with Gasteiger partial charge in [-0.25, -0.2) is 0 Å². The molecule has 0 heterocycles. The average Bonchev–Trinajstić information content (AvgIpc) is 2.37. The van der Waals surface area contributed by atoms with Gasteiger partial charge in [0, 0.05) is 15.7 Å². The lowest BCUT2D eigenvalue weighted by atomic mass is 10.1. The second-order valence-electron chi connectivity index (χ2n) is 4.88. The predicted octanol–water partition coefficient (Wildman–Crippen LogP) is 3.83. The number of nitrogen functional groups attached to an aromatic ring is 1. The van der Waals surface area contributed by atoms with Gasteiger partial charge in [-0.3, -0.25) is 4.79 Å². The molecule has 1 amide bonds. The number of nitrogens with two attached hydrogens (primary N) is 1. The number of aryl methyl sites for hydroxylation is 1. The van der Waals surface area contributed by atoms with Crippen molar-refractivity contribution in [3.8, 4) is 0 Å². The minimum atomic E-state index is -0.118. The molecular weight excluding hydrogens is 316 g/mol. The first kappa shape index (κ1) is 14.6. The Kier molecular flexibility index (Phi) is 4.45. The van der Waals surface area contributed by atoms with Gasteiger partial charge in [-0.2, -0.15) is 0 Å². The summed E-state index contributed by atoms with van der Waals surface area (Å²) in [5.74, 6) is -0.118. The zero-order valence-electron chi connectivity index (χ0n) is 11.5. The number of nitrogens with one attached hydrogen (secondary N) is 1. The number of halogens is 1. The third-order valence-electron chi connectivity index (χ3n) is 3.06. The first-order valence-electron chi connectivity index (χ1n) is 6.39. The van der Waals surface area contributed by atoms with Crippen molar-refractivity contribution in [1.82, 2.24) is 5.32 Å². The van der Waals surface area contributed by atoms with Crippen molar-refractivity contribution >= 4 is 27.5 Å². The van der Waals surface area contributed by atoms with E-state index in [0.717, 1.165) is 15.6 Å². The summed E-state index contributed by atoms with van der Waals surface area (Å²) in [5.41, 5.74) is 8.99. The van der Waals surface area contributed by atoms with Crippen molar-refractivity contribution in [2.45, 2.75) is 19.9 Å². The van der Waals surface area contributed by atoms with E-state index < -0.39 is 0 Å². The lowest BCUT2D eigenvalue weighted by Crippen LogP contribution is -2.26. The van der Waals surface area contributed by atoms with E-state index in [1.54, 1.807) is 6.07 Å². The second kappa shape index (κ2) is 6.09. The Balaban J connectivity index is 2.15. The Labute approximate surface area is 127 Å². The Bertz CT molecular complexity index is 620. The third-order valence-corrected chi connectivity index (χ3v) is 3.55. The Hall–Kier alpha value is -1.81. The van der Waals surface area contributed by atoms with Crippen molar-refractivity contribution in [3.05, 3.63) is 63.6 Å². The largest absolute Gasteiger partial charge is 0.399 e. The third kappa shape index (κ3) is 3.61. The van der Waals surface area contributed by atoms with E-state index in [2.05, 4.69) is 21.2 Å². The van der Waals surface area contributed by atoms with Gasteiger partial charge in [-0.15, -0.1) is 0 Å². The molecule has 0 spiro atoms. The number of amides is 1. The lowest BCUT2D eigenvalue weighted by molar-refractivity contribution is 0.0940. The van der Waals surface area contributed by atoms with Gasteiger partial charge in [0.1, 0.15) is 0 Å². The van der Waals surface area contributed by atoms with E-state index in [0.29, 0.717) is 11.3 Å². The van der Waals surface area contributed by atoms with Crippen LogP contribution in [0.15, 0.2) is 46.9 Å². The molecule has 0 aliphatic heterocycles. The molecule has 0 saturated heterocycles. The van der Waals surface area contributed by atoms with Crippen LogP contribution in [0.25, 0.3) is 0 Å². The number of hydrogen-bond donors (Lipinski definition) is 2. The highest BCUT2D eigenvalue weighted by Crippen LogP contribution is 2.19. The zero-order chi connectivity index (χ0) is 14.7. The summed E-state index contributed by atoms with van der Waals surface area (Å²) in [6, 6.07) is 13.2. The van der Waals surface area contributed by atoms with Crippen LogP contribution in [0.2, 0.25) is 0 Å². The molecule has 4 heteroatoms. The molecule has 0 fully saturated rings. The molecule has 20 heavy (non-hydrogen) atoms. The predicted molar refractivity (Wildman–Crippen MR) is 85.6 cm³/mol. The maximum Gasteiger partial charge on any atom is 0.251 e. The highest BCUT2D eigenvalue weighted by atomic mass is 79.9. The fourth-order valence-electron chi connectivity index (χ4n) is 2.08. The van der Waals surface area contributed by atoms with E-state index >= 15 is 0 Å². The molecule has 2 aromatic rings. The summed E-state index contributed by atoms with van der Waals surface area (Å²) in [6.45, 7) is 3.88. The fourth-order valence-corrected chi connectivity index (χ4v) is 2.50. The first-order valence-corrected chi connectivity index (χ1v) is 7.18. The van der Waals surface area contributed by atoms with E-state index in [1.165, 1.54) is 0 Å². The van der Waals surface area contributed by atoms with Crippen LogP contribution >= 0.6 is 15.9 Å². The van der Waals surface area contributed by atoms with Crippen LogP contribution in [0.3, 0.4) is 0 Å². The highest BCUT2D eigenvalue weighted by Gasteiger charge is 2.12. The topological polar surface area (TPSA) is 55.1 Å². The number of carbonyl (C=O) groups excluding carboxylic acids is 1. The molecular formula is C16H17BrN2O. The van der Waals surface area contributed by atoms with Crippen molar-refractivity contribution in [1.29, 1.82) is 0 Å². The second-order valence-corrected chi connectivity index (χ2v) is 5.80. The van der Waals surface area contributed by atoms with Gasteiger partial charge in [0.15, 0.2) is 0 Å². The maximum absolute atomic E-state index is 12.2. The fraction of sp³-hybridized carbons (Fsp3) is 0.188. The number of rotatable bonds is 3. The van der Waals surface area contributed by atoms with Crippen molar-refractivity contribution < 1.29 is 4.79 Å². The zero-order valence-corrected chi connectivity index (χ0v) is 13.1. The van der Waals surface area contributed by atoms with E-state index in [-0.39, 0.29) is 11.9 Å². The molecule has 0 bridgehead atoms. The standard InChI is InChI=1S/C16H17BrN2O/c1-10-6-13(9-15(18)7-10)16(20)19-11(2)12-4-3-5-14(17)8-12/h3-9,11H,18H2,1-2H3,(H,19,20). The molecule has 3 N–H and O–H groups in total. The van der Waals surface area contributed by atoms with Crippen LogP contribution in [0.5, 0.6) is 0 Å². The van der Waals surface area contributed by atoms with Crippen molar-refractivity contribution in [2.75, 3.05) is 5.73 Å². The van der Waals surface area contributed by atoms with E-state index in [1.807, 2.05) is 50.2 Å². The van der Waals surface area contributed by atoms with Gasteiger partial charge >= 0.3 is 0 Å². The summed E-state index contributed by atoms with van der Waals surface area (Å²) >= 11 is 3.43. The van der Waals surface area contributed by atoms with E-state index in [4.69, 9.17) is 5.73 Å². The Morgan fingerprint density at radius 3 is 2.65 bits per heavy atom. The van der Waals surface area contributed by atoms with Gasteiger partial charge < -0.3 is 11.1 Å². The van der Waals surface area contributed by atoms with Gasteiger partial charge in [-0.05, 0) is 55.3 Å². The smallest absolute Gasteiger partial charge is 0.251 e. The molecule has 2 rings (SSSR count). The van der Waals surface area contributed by atoms with Crippen LogP contribution < -0.4 is 11.1 Å². The number of benzene rings is 2. The number of anilines is 1.